The normalized spacial score (nSPS) is 12.1. The minimum atomic E-state index is -0.412. The number of hydrogen-bond donors (Lipinski definition) is 1. The van der Waals surface area contributed by atoms with Crippen LogP contribution in [0.25, 0.3) is 10.8 Å². The Morgan fingerprint density at radius 2 is 1.88 bits per heavy atom. The Morgan fingerprint density at radius 1 is 1.18 bits per heavy atom. The van der Waals surface area contributed by atoms with Crippen LogP contribution < -0.4 is 5.32 Å². The van der Waals surface area contributed by atoms with E-state index in [9.17, 15) is 4.79 Å². The van der Waals surface area contributed by atoms with Crippen LogP contribution in [-0.2, 0) is 4.74 Å². The molecule has 2 aromatic rings. The van der Waals surface area contributed by atoms with Gasteiger partial charge in [0.2, 0.25) is 0 Å². The van der Waals surface area contributed by atoms with Gasteiger partial charge in [-0.3, -0.25) is 0 Å². The highest BCUT2D eigenvalue weighted by Gasteiger charge is 2.11. The van der Waals surface area contributed by atoms with E-state index in [2.05, 4.69) is 28.3 Å². The molecule has 2 aromatic carbocycles. The summed E-state index contributed by atoms with van der Waals surface area (Å²) in [6.07, 6.45) is -0.412. The summed E-state index contributed by atoms with van der Waals surface area (Å²) in [6.45, 7) is 1.94. The van der Waals surface area contributed by atoms with Crippen molar-refractivity contribution in [3.63, 3.8) is 0 Å². The second kappa shape index (κ2) is 4.87. The van der Waals surface area contributed by atoms with Gasteiger partial charge in [0.05, 0.1) is 13.2 Å². The molecule has 0 fully saturated rings. The zero-order valence-corrected chi connectivity index (χ0v) is 9.94. The zero-order chi connectivity index (χ0) is 12.3. The number of rotatable bonds is 2. The second-order valence-electron chi connectivity index (χ2n) is 3.93. The summed E-state index contributed by atoms with van der Waals surface area (Å²) in [5.41, 5.74) is 1.09. The van der Waals surface area contributed by atoms with Crippen molar-refractivity contribution in [3.05, 3.63) is 48.0 Å². The second-order valence-corrected chi connectivity index (χ2v) is 3.93. The van der Waals surface area contributed by atoms with Gasteiger partial charge in [-0.2, -0.15) is 0 Å². The number of ether oxygens (including phenoxy) is 1. The topological polar surface area (TPSA) is 38.3 Å². The first-order valence-corrected chi connectivity index (χ1v) is 5.54. The van der Waals surface area contributed by atoms with Gasteiger partial charge in [0.1, 0.15) is 0 Å². The molecule has 0 unspecified atom stereocenters. The first-order chi connectivity index (χ1) is 8.22. The summed E-state index contributed by atoms with van der Waals surface area (Å²) in [5.74, 6) is 0. The Morgan fingerprint density at radius 3 is 2.65 bits per heavy atom. The van der Waals surface area contributed by atoms with Gasteiger partial charge < -0.3 is 10.1 Å². The number of carbonyl (C=O) groups excluding carboxylic acids is 1. The van der Waals surface area contributed by atoms with Crippen molar-refractivity contribution < 1.29 is 9.53 Å². The molecule has 1 atom stereocenters. The fraction of sp³-hybridized carbons (Fsp3) is 0.214. The number of methoxy groups -OCH3 is 1. The average molecular weight is 229 g/mol. The summed E-state index contributed by atoms with van der Waals surface area (Å²) in [6, 6.07) is 14.1. The van der Waals surface area contributed by atoms with E-state index in [4.69, 9.17) is 0 Å². The molecule has 2 rings (SSSR count). The highest BCUT2D eigenvalue weighted by Crippen LogP contribution is 2.23. The van der Waals surface area contributed by atoms with E-state index in [0.29, 0.717) is 0 Å². The highest BCUT2D eigenvalue weighted by molar-refractivity contribution is 5.86. The number of amides is 1. The minimum Gasteiger partial charge on any atom is -0.453 e. The summed E-state index contributed by atoms with van der Waals surface area (Å²) < 4.78 is 4.60. The molecule has 17 heavy (non-hydrogen) atoms. The lowest BCUT2D eigenvalue weighted by Gasteiger charge is -2.15. The van der Waals surface area contributed by atoms with Gasteiger partial charge in [0, 0.05) is 0 Å². The Hall–Kier alpha value is -2.03. The maximum Gasteiger partial charge on any atom is 0.407 e. The van der Waals surface area contributed by atoms with Crippen LogP contribution in [0.5, 0.6) is 0 Å². The van der Waals surface area contributed by atoms with Gasteiger partial charge in [-0.15, -0.1) is 0 Å². The fourth-order valence-electron chi connectivity index (χ4n) is 1.94. The molecule has 0 aliphatic carbocycles. The van der Waals surface area contributed by atoms with E-state index >= 15 is 0 Å². The summed E-state index contributed by atoms with van der Waals surface area (Å²) >= 11 is 0. The van der Waals surface area contributed by atoms with Gasteiger partial charge in [-0.25, -0.2) is 4.79 Å². The lowest BCUT2D eigenvalue weighted by atomic mass is 10.00. The third-order valence-corrected chi connectivity index (χ3v) is 2.81. The monoisotopic (exact) mass is 229 g/mol. The van der Waals surface area contributed by atoms with Crippen molar-refractivity contribution in [2.24, 2.45) is 0 Å². The molecule has 0 bridgehead atoms. The van der Waals surface area contributed by atoms with E-state index in [1.807, 2.05) is 31.2 Å². The van der Waals surface area contributed by atoms with Crippen molar-refractivity contribution in [2.45, 2.75) is 13.0 Å². The molecule has 3 nitrogen and oxygen atoms in total. The number of carbonyl (C=O) groups is 1. The van der Waals surface area contributed by atoms with Crippen LogP contribution in [0.3, 0.4) is 0 Å². The number of hydrogen-bond acceptors (Lipinski definition) is 2. The van der Waals surface area contributed by atoms with E-state index in [0.717, 1.165) is 10.9 Å². The van der Waals surface area contributed by atoms with E-state index < -0.39 is 6.09 Å². The van der Waals surface area contributed by atoms with Crippen molar-refractivity contribution in [1.82, 2.24) is 5.32 Å². The lowest BCUT2D eigenvalue weighted by Crippen LogP contribution is -2.26. The summed E-state index contributed by atoms with van der Waals surface area (Å²) in [7, 11) is 1.37. The van der Waals surface area contributed by atoms with E-state index in [1.165, 1.54) is 12.5 Å². The van der Waals surface area contributed by atoms with Crippen LogP contribution in [0.4, 0.5) is 4.79 Å². The summed E-state index contributed by atoms with van der Waals surface area (Å²) in [5, 5.41) is 5.10. The summed E-state index contributed by atoms with van der Waals surface area (Å²) in [4.78, 5) is 11.2. The first-order valence-electron chi connectivity index (χ1n) is 5.54. The first kappa shape index (κ1) is 11.5. The van der Waals surface area contributed by atoms with Crippen molar-refractivity contribution >= 4 is 16.9 Å². The van der Waals surface area contributed by atoms with Gasteiger partial charge in [-0.05, 0) is 23.3 Å². The average Bonchev–Trinajstić information content (AvgIpc) is 2.37. The van der Waals surface area contributed by atoms with Gasteiger partial charge in [0.25, 0.3) is 0 Å². The Bertz CT molecular complexity index is 531. The van der Waals surface area contributed by atoms with Gasteiger partial charge in [-0.1, -0.05) is 42.5 Å². The van der Waals surface area contributed by atoms with Gasteiger partial charge >= 0.3 is 6.09 Å². The molecule has 0 spiro atoms. The van der Waals surface area contributed by atoms with Crippen molar-refractivity contribution in [3.8, 4) is 0 Å². The van der Waals surface area contributed by atoms with Crippen LogP contribution in [0.2, 0.25) is 0 Å². The molecule has 0 aliphatic rings. The largest absolute Gasteiger partial charge is 0.453 e. The number of fused-ring (bicyclic) bond motifs is 1. The third-order valence-electron chi connectivity index (χ3n) is 2.81. The molecule has 1 amide bonds. The third kappa shape index (κ3) is 2.38. The molecule has 1 N–H and O–H groups in total. The number of benzene rings is 2. The smallest absolute Gasteiger partial charge is 0.407 e. The molecule has 0 radical (unpaired) electrons. The Labute approximate surface area is 100 Å². The van der Waals surface area contributed by atoms with Crippen LogP contribution >= 0.6 is 0 Å². The molecule has 0 heterocycles. The van der Waals surface area contributed by atoms with Crippen LogP contribution in [0.1, 0.15) is 18.5 Å². The van der Waals surface area contributed by atoms with Crippen LogP contribution in [-0.4, -0.2) is 13.2 Å². The molecular formula is C14H15NO2. The molecule has 3 heteroatoms. The Kier molecular flexibility index (Phi) is 3.28. The number of nitrogens with one attached hydrogen (secondary N) is 1. The standard InChI is InChI=1S/C14H15NO2/c1-10(15-14(16)17-2)12-9-5-7-11-6-3-4-8-13(11)12/h3-10H,1-2H3,(H,15,16)/t10-/m1/s1. The molecule has 0 saturated carbocycles. The maximum absolute atomic E-state index is 11.2. The molecule has 0 saturated heterocycles. The maximum atomic E-state index is 11.2. The minimum absolute atomic E-state index is 0.0754. The predicted octanol–water partition coefficient (Wildman–Crippen LogP) is 3.26. The Balaban J connectivity index is 2.38. The van der Waals surface area contributed by atoms with Crippen LogP contribution in [0.15, 0.2) is 42.5 Å². The highest BCUT2D eigenvalue weighted by atomic mass is 16.5. The quantitative estimate of drug-likeness (QED) is 0.858. The van der Waals surface area contributed by atoms with E-state index in [-0.39, 0.29) is 6.04 Å². The molecular weight excluding hydrogens is 214 g/mol. The number of alkyl carbamates (subject to hydrolysis) is 1. The lowest BCUT2D eigenvalue weighted by molar-refractivity contribution is 0.167. The van der Waals surface area contributed by atoms with Crippen LogP contribution in [0, 0.1) is 0 Å². The SMILES string of the molecule is COC(=O)N[C@H](C)c1cccc2ccccc12. The predicted molar refractivity (Wildman–Crippen MR) is 67.9 cm³/mol. The van der Waals surface area contributed by atoms with Crippen molar-refractivity contribution in [2.75, 3.05) is 7.11 Å². The van der Waals surface area contributed by atoms with E-state index in [1.54, 1.807) is 0 Å². The molecule has 0 aliphatic heterocycles. The molecule has 88 valence electrons. The van der Waals surface area contributed by atoms with Crippen molar-refractivity contribution in [1.29, 1.82) is 0 Å². The fourth-order valence-corrected chi connectivity index (χ4v) is 1.94. The molecule has 0 aromatic heterocycles. The van der Waals surface area contributed by atoms with Gasteiger partial charge in [0.15, 0.2) is 0 Å². The zero-order valence-electron chi connectivity index (χ0n) is 9.94.